The van der Waals surface area contributed by atoms with Crippen molar-refractivity contribution in [2.75, 3.05) is 6.54 Å². The molecule has 0 aromatic rings. The molecule has 0 aromatic carbocycles. The van der Waals surface area contributed by atoms with Gasteiger partial charge in [0.25, 0.3) is 0 Å². The van der Waals surface area contributed by atoms with E-state index in [1.54, 1.807) is 0 Å². The molecule has 0 aliphatic rings. The van der Waals surface area contributed by atoms with Gasteiger partial charge in [-0.3, -0.25) is 0 Å². The van der Waals surface area contributed by atoms with Crippen molar-refractivity contribution in [2.45, 2.75) is 58.9 Å². The Labute approximate surface area is 88.7 Å². The van der Waals surface area contributed by atoms with Crippen molar-refractivity contribution in [1.82, 2.24) is 0 Å². The highest BCUT2D eigenvalue weighted by Crippen LogP contribution is 2.28. The fourth-order valence-electron chi connectivity index (χ4n) is 2.11. The summed E-state index contributed by atoms with van der Waals surface area (Å²) in [6.07, 6.45) is 4.05. The van der Waals surface area contributed by atoms with E-state index in [0.29, 0.717) is 6.54 Å². The molecule has 0 aliphatic heterocycles. The molecule has 0 saturated heterocycles. The Morgan fingerprint density at radius 3 is 1.71 bits per heavy atom. The topological polar surface area (TPSA) is 52.0 Å². The third-order valence-electron chi connectivity index (χ3n) is 3.32. The highest BCUT2D eigenvalue weighted by Gasteiger charge is 2.25. The van der Waals surface area contributed by atoms with Gasteiger partial charge in [-0.05, 0) is 25.7 Å². The Morgan fingerprint density at radius 1 is 1.00 bits per heavy atom. The molecule has 0 spiro atoms. The van der Waals surface area contributed by atoms with Gasteiger partial charge in [0, 0.05) is 12.1 Å². The molecule has 0 saturated carbocycles. The molecule has 84 valence electrons. The first-order valence-corrected chi connectivity index (χ1v) is 5.79. The van der Waals surface area contributed by atoms with Crippen LogP contribution in [0.25, 0.3) is 0 Å². The lowest BCUT2D eigenvalue weighted by Crippen LogP contribution is -2.41. The molecule has 0 aliphatic carbocycles. The minimum atomic E-state index is -0.126. The first kappa shape index (κ1) is 13.7. The van der Waals surface area contributed by atoms with E-state index in [1.807, 2.05) is 0 Å². The highest BCUT2D eigenvalue weighted by atomic mass is 14.7. The third-order valence-corrected chi connectivity index (χ3v) is 3.32. The Hall–Kier alpha value is -0.340. The molecule has 0 bridgehead atoms. The minimum Gasteiger partial charge on any atom is -0.327 e. The van der Waals surface area contributed by atoms with Crippen LogP contribution in [-0.4, -0.2) is 12.1 Å². The molecule has 0 rings (SSSR count). The van der Waals surface area contributed by atoms with E-state index in [9.17, 15) is 0 Å². The summed E-state index contributed by atoms with van der Waals surface area (Å²) in [6.45, 7) is 9.29. The van der Waals surface area contributed by atoms with Gasteiger partial charge in [0.1, 0.15) is 0 Å². The second-order valence-electron chi connectivity index (χ2n) is 3.86. The van der Waals surface area contributed by atoms with Crippen LogP contribution >= 0.6 is 0 Å². The van der Waals surface area contributed by atoms with Gasteiger partial charge in [0.05, 0.1) is 0 Å². The number of hydrogen-bond acceptors (Lipinski definition) is 2. The van der Waals surface area contributed by atoms with Crippen LogP contribution in [0.5, 0.6) is 0 Å². The van der Waals surface area contributed by atoms with Crippen molar-refractivity contribution < 1.29 is 0 Å². The van der Waals surface area contributed by atoms with Crippen LogP contribution in [-0.2, 0) is 0 Å². The first-order chi connectivity index (χ1) is 6.59. The van der Waals surface area contributed by atoms with Crippen molar-refractivity contribution in [2.24, 2.45) is 11.5 Å². The largest absolute Gasteiger partial charge is 0.327 e. The van der Waals surface area contributed by atoms with Crippen LogP contribution in [0.2, 0.25) is 0 Å². The van der Waals surface area contributed by atoms with E-state index in [-0.39, 0.29) is 5.54 Å². The summed E-state index contributed by atoms with van der Waals surface area (Å²) in [4.78, 5) is 0. The highest BCUT2D eigenvalue weighted by molar-refractivity contribution is 5.26. The maximum atomic E-state index is 6.39. The summed E-state index contributed by atoms with van der Waals surface area (Å²) in [7, 11) is 0. The minimum absolute atomic E-state index is 0.126. The normalized spacial score (nSPS) is 14.1. The van der Waals surface area contributed by atoms with Crippen molar-refractivity contribution in [3.8, 4) is 0 Å². The van der Waals surface area contributed by atoms with Crippen molar-refractivity contribution in [3.05, 3.63) is 11.1 Å². The van der Waals surface area contributed by atoms with Crippen LogP contribution in [0.4, 0.5) is 0 Å². The van der Waals surface area contributed by atoms with Crippen molar-refractivity contribution in [1.29, 1.82) is 0 Å². The molecule has 0 amide bonds. The second-order valence-corrected chi connectivity index (χ2v) is 3.86. The van der Waals surface area contributed by atoms with Crippen molar-refractivity contribution >= 4 is 0 Å². The molecular weight excluding hydrogens is 172 g/mol. The quantitative estimate of drug-likeness (QED) is 0.644. The molecule has 0 atom stereocenters. The van der Waals surface area contributed by atoms with Gasteiger partial charge >= 0.3 is 0 Å². The zero-order valence-corrected chi connectivity index (χ0v) is 10.2. The molecular formula is C12H26N2. The van der Waals surface area contributed by atoms with Gasteiger partial charge in [-0.15, -0.1) is 0 Å². The van der Waals surface area contributed by atoms with E-state index in [2.05, 4.69) is 27.7 Å². The van der Waals surface area contributed by atoms with E-state index in [0.717, 1.165) is 25.7 Å². The zero-order valence-electron chi connectivity index (χ0n) is 10.2. The molecule has 0 unspecified atom stereocenters. The molecule has 2 heteroatoms. The standard InChI is InChI=1S/C12H26N2/c1-5-10(9-13)11(6-2)12(14,7-3)8-4/h5-9,13-14H2,1-4H3/b11-10+. The lowest BCUT2D eigenvalue weighted by molar-refractivity contribution is 0.447. The molecule has 0 heterocycles. The number of hydrogen-bond donors (Lipinski definition) is 2. The molecule has 2 nitrogen and oxygen atoms in total. The molecule has 14 heavy (non-hydrogen) atoms. The molecule has 0 fully saturated rings. The maximum Gasteiger partial charge on any atom is 0.0366 e. The number of nitrogens with two attached hydrogens (primary N) is 2. The molecule has 0 aromatic heterocycles. The summed E-state index contributed by atoms with van der Waals surface area (Å²) < 4.78 is 0. The summed E-state index contributed by atoms with van der Waals surface area (Å²) in [5.74, 6) is 0. The summed E-state index contributed by atoms with van der Waals surface area (Å²) in [5, 5.41) is 0. The van der Waals surface area contributed by atoms with E-state index in [4.69, 9.17) is 11.5 Å². The van der Waals surface area contributed by atoms with Gasteiger partial charge < -0.3 is 11.5 Å². The average molecular weight is 198 g/mol. The van der Waals surface area contributed by atoms with Crippen LogP contribution in [0, 0.1) is 0 Å². The number of rotatable bonds is 6. The maximum absolute atomic E-state index is 6.39. The smallest absolute Gasteiger partial charge is 0.0366 e. The lowest BCUT2D eigenvalue weighted by Gasteiger charge is -2.32. The molecule has 0 radical (unpaired) electrons. The predicted octanol–water partition coefficient (Wildman–Crippen LogP) is 2.58. The van der Waals surface area contributed by atoms with Crippen molar-refractivity contribution in [3.63, 3.8) is 0 Å². The Balaban J connectivity index is 5.11. The van der Waals surface area contributed by atoms with Crippen LogP contribution in [0.3, 0.4) is 0 Å². The van der Waals surface area contributed by atoms with Crippen LogP contribution in [0.15, 0.2) is 11.1 Å². The van der Waals surface area contributed by atoms with Gasteiger partial charge in [0.2, 0.25) is 0 Å². The fourth-order valence-corrected chi connectivity index (χ4v) is 2.11. The zero-order chi connectivity index (χ0) is 11.2. The van der Waals surface area contributed by atoms with Crippen LogP contribution < -0.4 is 11.5 Å². The first-order valence-electron chi connectivity index (χ1n) is 5.79. The van der Waals surface area contributed by atoms with Gasteiger partial charge in [-0.2, -0.15) is 0 Å². The second kappa shape index (κ2) is 6.20. The van der Waals surface area contributed by atoms with E-state index < -0.39 is 0 Å². The molecule has 4 N–H and O–H groups in total. The van der Waals surface area contributed by atoms with E-state index >= 15 is 0 Å². The summed E-state index contributed by atoms with van der Waals surface area (Å²) >= 11 is 0. The van der Waals surface area contributed by atoms with Gasteiger partial charge in [-0.1, -0.05) is 38.8 Å². The Bertz CT molecular complexity index is 184. The van der Waals surface area contributed by atoms with Gasteiger partial charge in [0.15, 0.2) is 0 Å². The lowest BCUT2D eigenvalue weighted by atomic mass is 9.80. The van der Waals surface area contributed by atoms with E-state index in [1.165, 1.54) is 11.1 Å². The summed E-state index contributed by atoms with van der Waals surface area (Å²) in [5.41, 5.74) is 14.7. The fraction of sp³-hybridized carbons (Fsp3) is 0.833. The van der Waals surface area contributed by atoms with Gasteiger partial charge in [-0.25, -0.2) is 0 Å². The summed E-state index contributed by atoms with van der Waals surface area (Å²) in [6, 6.07) is 0. The Kier molecular flexibility index (Phi) is 6.05. The third kappa shape index (κ3) is 2.82. The Morgan fingerprint density at radius 2 is 1.50 bits per heavy atom. The SMILES string of the molecule is CC/C(CN)=C(/CC)C(N)(CC)CC. The monoisotopic (exact) mass is 198 g/mol. The average Bonchev–Trinajstić information content (AvgIpc) is 2.24. The van der Waals surface area contributed by atoms with Crippen LogP contribution in [0.1, 0.15) is 53.4 Å². The predicted molar refractivity (Wildman–Crippen MR) is 64.2 cm³/mol.